The van der Waals surface area contributed by atoms with Gasteiger partial charge < -0.3 is 15.0 Å². The fourth-order valence-corrected chi connectivity index (χ4v) is 5.58. The van der Waals surface area contributed by atoms with Crippen LogP contribution in [0.4, 0.5) is 11.4 Å². The van der Waals surface area contributed by atoms with Crippen molar-refractivity contribution in [1.82, 2.24) is 10.2 Å². The summed E-state index contributed by atoms with van der Waals surface area (Å²) >= 11 is 0. The van der Waals surface area contributed by atoms with Crippen LogP contribution in [0.5, 0.6) is 0 Å². The van der Waals surface area contributed by atoms with E-state index in [1.165, 1.54) is 5.56 Å². The van der Waals surface area contributed by atoms with Crippen molar-refractivity contribution in [2.75, 3.05) is 68.4 Å². The number of rotatable bonds is 10. The summed E-state index contributed by atoms with van der Waals surface area (Å²) in [6, 6.07) is 15.8. The Kier molecular flexibility index (Phi) is 9.23. The third kappa shape index (κ3) is 7.94. The number of anilines is 2. The molecule has 0 aliphatic carbocycles. The van der Waals surface area contributed by atoms with E-state index < -0.39 is 10.0 Å². The van der Waals surface area contributed by atoms with Gasteiger partial charge in [-0.15, -0.1) is 0 Å². The summed E-state index contributed by atoms with van der Waals surface area (Å²) in [5.74, 6) is 0.447. The van der Waals surface area contributed by atoms with Gasteiger partial charge in [0.25, 0.3) is 5.91 Å². The van der Waals surface area contributed by atoms with Crippen molar-refractivity contribution >= 4 is 27.3 Å². The molecule has 0 atom stereocenters. The number of hydrogen-bond donors (Lipinski definition) is 2. The summed E-state index contributed by atoms with van der Waals surface area (Å²) in [5, 5.41) is 3.05. The predicted octanol–water partition coefficient (Wildman–Crippen LogP) is 2.97. The number of hydrogen-bond acceptors (Lipinski definition) is 6. The zero-order chi connectivity index (χ0) is 25.4. The SMILES string of the molecule is CS(=O)(=O)Nc1ccc(N2CCC(Cc3ccccc3)CC2)c(C(=O)NCCCN2CCOCC2)c1. The molecule has 36 heavy (non-hydrogen) atoms. The molecule has 1 amide bonds. The lowest BCUT2D eigenvalue weighted by Crippen LogP contribution is -2.38. The summed E-state index contributed by atoms with van der Waals surface area (Å²) in [4.78, 5) is 17.8. The molecule has 9 heteroatoms. The first-order chi connectivity index (χ1) is 17.4. The average molecular weight is 515 g/mol. The summed E-state index contributed by atoms with van der Waals surface area (Å²) < 4.78 is 31.5. The summed E-state index contributed by atoms with van der Waals surface area (Å²) in [5.41, 5.74) is 3.14. The minimum absolute atomic E-state index is 0.171. The topological polar surface area (TPSA) is 91.0 Å². The highest BCUT2D eigenvalue weighted by atomic mass is 32.2. The molecule has 196 valence electrons. The Morgan fingerprint density at radius 3 is 2.44 bits per heavy atom. The molecule has 0 radical (unpaired) electrons. The summed E-state index contributed by atoms with van der Waals surface area (Å²) in [6.07, 6.45) is 5.15. The molecule has 2 heterocycles. The maximum Gasteiger partial charge on any atom is 0.253 e. The molecular weight excluding hydrogens is 476 g/mol. The van der Waals surface area contributed by atoms with Gasteiger partial charge in [-0.2, -0.15) is 0 Å². The second kappa shape index (κ2) is 12.6. The molecule has 2 N–H and O–H groups in total. The normalized spacial score (nSPS) is 17.6. The first-order valence-corrected chi connectivity index (χ1v) is 14.8. The second-order valence-corrected chi connectivity index (χ2v) is 11.5. The molecule has 0 saturated carbocycles. The molecule has 8 nitrogen and oxygen atoms in total. The van der Waals surface area contributed by atoms with Crippen LogP contribution in [0.3, 0.4) is 0 Å². The van der Waals surface area contributed by atoms with Gasteiger partial charge in [-0.3, -0.25) is 14.4 Å². The number of carbonyl (C=O) groups is 1. The van der Waals surface area contributed by atoms with Crippen molar-refractivity contribution in [2.24, 2.45) is 5.92 Å². The van der Waals surface area contributed by atoms with E-state index in [-0.39, 0.29) is 5.91 Å². The van der Waals surface area contributed by atoms with Crippen molar-refractivity contribution in [2.45, 2.75) is 25.7 Å². The molecular formula is C27H38N4O4S. The van der Waals surface area contributed by atoms with Crippen molar-refractivity contribution in [3.05, 3.63) is 59.7 Å². The molecule has 0 spiro atoms. The van der Waals surface area contributed by atoms with E-state index in [0.717, 1.165) is 83.6 Å². The van der Waals surface area contributed by atoms with E-state index in [2.05, 4.69) is 44.1 Å². The molecule has 2 aliphatic heterocycles. The van der Waals surface area contributed by atoms with Gasteiger partial charge in [-0.05, 0) is 61.9 Å². The van der Waals surface area contributed by atoms with Crippen LogP contribution in [-0.4, -0.2) is 78.0 Å². The van der Waals surface area contributed by atoms with Gasteiger partial charge in [0.05, 0.1) is 25.0 Å². The molecule has 0 bridgehead atoms. The van der Waals surface area contributed by atoms with E-state index in [4.69, 9.17) is 4.74 Å². The average Bonchev–Trinajstić information content (AvgIpc) is 2.87. The van der Waals surface area contributed by atoms with Crippen LogP contribution in [-0.2, 0) is 21.2 Å². The largest absolute Gasteiger partial charge is 0.379 e. The van der Waals surface area contributed by atoms with Crippen LogP contribution in [0.2, 0.25) is 0 Å². The number of sulfonamides is 1. The number of ether oxygens (including phenoxy) is 1. The zero-order valence-electron chi connectivity index (χ0n) is 21.1. The van der Waals surface area contributed by atoms with Crippen LogP contribution in [0, 0.1) is 5.92 Å². The van der Waals surface area contributed by atoms with Gasteiger partial charge in [-0.1, -0.05) is 30.3 Å². The number of nitrogens with zero attached hydrogens (tertiary/aromatic N) is 2. The molecule has 2 saturated heterocycles. The van der Waals surface area contributed by atoms with Crippen LogP contribution >= 0.6 is 0 Å². The van der Waals surface area contributed by atoms with Crippen LogP contribution in [0.15, 0.2) is 48.5 Å². The summed E-state index contributed by atoms with van der Waals surface area (Å²) in [7, 11) is -3.44. The molecule has 2 aromatic carbocycles. The molecule has 0 aromatic heterocycles. The molecule has 0 unspecified atom stereocenters. The standard InChI is InChI=1S/C27H38N4O4S/c1-36(33,34)29-24-8-9-26(31-14-10-23(11-15-31)20-22-6-3-2-4-7-22)25(21-24)27(32)28-12-5-13-30-16-18-35-19-17-30/h2-4,6-9,21,23,29H,5,10-20H2,1H3,(H,28,32). The Morgan fingerprint density at radius 2 is 1.75 bits per heavy atom. The maximum atomic E-state index is 13.2. The van der Waals surface area contributed by atoms with Gasteiger partial charge in [0.1, 0.15) is 0 Å². The Hall–Kier alpha value is -2.62. The Morgan fingerprint density at radius 1 is 1.03 bits per heavy atom. The Bertz CT molecular complexity index is 1100. The Balaban J connectivity index is 1.39. The smallest absolute Gasteiger partial charge is 0.253 e. The number of morpholine rings is 1. The summed E-state index contributed by atoms with van der Waals surface area (Å²) in [6.45, 7) is 6.60. The highest BCUT2D eigenvalue weighted by molar-refractivity contribution is 7.92. The van der Waals surface area contributed by atoms with E-state index >= 15 is 0 Å². The highest BCUT2D eigenvalue weighted by Gasteiger charge is 2.24. The van der Waals surface area contributed by atoms with E-state index in [1.807, 2.05) is 12.1 Å². The first kappa shape index (κ1) is 26.4. The third-order valence-electron chi connectivity index (χ3n) is 6.91. The fourth-order valence-electron chi connectivity index (χ4n) is 5.02. The predicted molar refractivity (Wildman–Crippen MR) is 144 cm³/mol. The fraction of sp³-hybridized carbons (Fsp3) is 0.519. The minimum atomic E-state index is -3.44. The Labute approximate surface area is 215 Å². The number of piperidine rings is 1. The third-order valence-corrected chi connectivity index (χ3v) is 7.51. The van der Waals surface area contributed by atoms with Gasteiger partial charge in [-0.25, -0.2) is 8.42 Å². The number of nitrogens with one attached hydrogen (secondary N) is 2. The minimum Gasteiger partial charge on any atom is -0.379 e. The first-order valence-electron chi connectivity index (χ1n) is 12.9. The number of carbonyl (C=O) groups excluding carboxylic acids is 1. The van der Waals surface area contributed by atoms with Crippen molar-refractivity contribution < 1.29 is 17.9 Å². The second-order valence-electron chi connectivity index (χ2n) is 9.79. The van der Waals surface area contributed by atoms with Crippen LogP contribution in [0.1, 0.15) is 35.2 Å². The van der Waals surface area contributed by atoms with Crippen LogP contribution < -0.4 is 14.9 Å². The lowest BCUT2D eigenvalue weighted by Gasteiger charge is -2.35. The number of amides is 1. The zero-order valence-corrected chi connectivity index (χ0v) is 21.9. The molecule has 2 aliphatic rings. The van der Waals surface area contributed by atoms with Crippen molar-refractivity contribution in [3.63, 3.8) is 0 Å². The van der Waals surface area contributed by atoms with Crippen molar-refractivity contribution in [3.8, 4) is 0 Å². The van der Waals surface area contributed by atoms with Gasteiger partial charge in [0.2, 0.25) is 10.0 Å². The van der Waals surface area contributed by atoms with Gasteiger partial charge in [0, 0.05) is 44.1 Å². The lowest BCUT2D eigenvalue weighted by atomic mass is 9.89. The van der Waals surface area contributed by atoms with Crippen LogP contribution in [0.25, 0.3) is 0 Å². The quantitative estimate of drug-likeness (QED) is 0.474. The maximum absolute atomic E-state index is 13.2. The molecule has 4 rings (SSSR count). The van der Waals surface area contributed by atoms with E-state index in [9.17, 15) is 13.2 Å². The van der Waals surface area contributed by atoms with Gasteiger partial charge in [0.15, 0.2) is 0 Å². The highest BCUT2D eigenvalue weighted by Crippen LogP contribution is 2.30. The van der Waals surface area contributed by atoms with Crippen molar-refractivity contribution in [1.29, 1.82) is 0 Å². The number of benzene rings is 2. The van der Waals surface area contributed by atoms with Gasteiger partial charge >= 0.3 is 0 Å². The van der Waals surface area contributed by atoms with E-state index in [0.29, 0.717) is 23.7 Å². The molecule has 2 aromatic rings. The van der Waals surface area contributed by atoms with E-state index in [1.54, 1.807) is 12.1 Å². The lowest BCUT2D eigenvalue weighted by molar-refractivity contribution is 0.0374. The monoisotopic (exact) mass is 514 g/mol. The molecule has 2 fully saturated rings.